The molecule has 0 saturated heterocycles. The second-order valence-electron chi connectivity index (χ2n) is 3.19. The minimum Gasteiger partial charge on any atom is -0.380 e. The number of nitrogen functional groups attached to an aromatic ring is 1. The van der Waals surface area contributed by atoms with Crippen LogP contribution in [0.1, 0.15) is 6.92 Å². The number of nitrogens with zero attached hydrogens (tertiary/aromatic N) is 2. The number of thiophene rings is 1. The Bertz CT molecular complexity index is 471. The lowest BCUT2D eigenvalue weighted by atomic mass is 10.4. The monoisotopic (exact) mass is 238 g/mol. The van der Waals surface area contributed by atoms with Crippen LogP contribution in [0.3, 0.4) is 0 Å². The first-order valence-corrected chi connectivity index (χ1v) is 6.01. The Morgan fingerprint density at radius 3 is 3.19 bits per heavy atom. The third-order valence-electron chi connectivity index (χ3n) is 2.09. The van der Waals surface area contributed by atoms with E-state index in [0.29, 0.717) is 12.6 Å². The molecule has 3 N–H and O–H groups in total. The predicted molar refractivity (Wildman–Crippen MR) is 66.8 cm³/mol. The molecule has 0 saturated carbocycles. The van der Waals surface area contributed by atoms with Gasteiger partial charge >= 0.3 is 0 Å². The molecule has 0 bridgehead atoms. The van der Waals surface area contributed by atoms with E-state index in [2.05, 4.69) is 15.3 Å². The van der Waals surface area contributed by atoms with Crippen molar-refractivity contribution in [1.29, 1.82) is 0 Å². The van der Waals surface area contributed by atoms with Gasteiger partial charge in [0.2, 0.25) is 5.95 Å². The summed E-state index contributed by atoms with van der Waals surface area (Å²) in [6.45, 7) is 4.07. The summed E-state index contributed by atoms with van der Waals surface area (Å²) in [6, 6.07) is 1.99. The van der Waals surface area contributed by atoms with Crippen LogP contribution < -0.4 is 11.1 Å². The Morgan fingerprint density at radius 1 is 1.50 bits per heavy atom. The Labute approximate surface area is 97.7 Å². The maximum Gasteiger partial charge on any atom is 0.223 e. The minimum absolute atomic E-state index is 0.300. The van der Waals surface area contributed by atoms with Crippen LogP contribution in [0, 0.1) is 0 Å². The third-order valence-corrected chi connectivity index (χ3v) is 2.89. The van der Waals surface area contributed by atoms with Gasteiger partial charge in [-0.3, -0.25) is 0 Å². The van der Waals surface area contributed by atoms with E-state index in [9.17, 15) is 0 Å². The maximum absolute atomic E-state index is 5.63. The van der Waals surface area contributed by atoms with E-state index in [1.54, 1.807) is 11.3 Å². The Hall–Kier alpha value is -1.40. The highest BCUT2D eigenvalue weighted by molar-refractivity contribution is 7.16. The highest BCUT2D eigenvalue weighted by Gasteiger charge is 2.06. The molecular weight excluding hydrogens is 224 g/mol. The van der Waals surface area contributed by atoms with E-state index in [1.807, 2.05) is 18.4 Å². The topological polar surface area (TPSA) is 73.1 Å². The molecule has 0 aliphatic rings. The van der Waals surface area contributed by atoms with Crippen LogP contribution in [0.25, 0.3) is 10.2 Å². The Balaban J connectivity index is 2.12. The van der Waals surface area contributed by atoms with Crippen molar-refractivity contribution in [2.75, 3.05) is 30.8 Å². The zero-order valence-electron chi connectivity index (χ0n) is 9.06. The Morgan fingerprint density at radius 2 is 2.38 bits per heavy atom. The first kappa shape index (κ1) is 11.1. The van der Waals surface area contributed by atoms with Gasteiger partial charge in [-0.05, 0) is 18.4 Å². The highest BCUT2D eigenvalue weighted by Crippen LogP contribution is 2.25. The fourth-order valence-corrected chi connectivity index (χ4v) is 2.16. The van der Waals surface area contributed by atoms with Gasteiger partial charge in [0.1, 0.15) is 10.6 Å². The minimum atomic E-state index is 0.300. The maximum atomic E-state index is 5.63. The molecule has 0 radical (unpaired) electrons. The second-order valence-corrected chi connectivity index (χ2v) is 4.09. The molecule has 2 heterocycles. The molecule has 0 unspecified atom stereocenters. The van der Waals surface area contributed by atoms with Crippen LogP contribution in [0.4, 0.5) is 11.8 Å². The number of rotatable bonds is 5. The van der Waals surface area contributed by atoms with E-state index in [0.717, 1.165) is 29.2 Å². The van der Waals surface area contributed by atoms with Crippen LogP contribution in [0.15, 0.2) is 11.4 Å². The molecule has 0 amide bonds. The summed E-state index contributed by atoms with van der Waals surface area (Å²) in [5.74, 6) is 1.08. The van der Waals surface area contributed by atoms with Gasteiger partial charge in [-0.15, -0.1) is 11.3 Å². The fraction of sp³-hybridized carbons (Fsp3) is 0.400. The zero-order valence-corrected chi connectivity index (χ0v) is 9.88. The average molecular weight is 238 g/mol. The van der Waals surface area contributed by atoms with E-state index in [-0.39, 0.29) is 0 Å². The van der Waals surface area contributed by atoms with Gasteiger partial charge in [0, 0.05) is 13.2 Å². The van der Waals surface area contributed by atoms with Crippen LogP contribution in [0.5, 0.6) is 0 Å². The number of aromatic nitrogens is 2. The van der Waals surface area contributed by atoms with Crippen molar-refractivity contribution in [2.24, 2.45) is 0 Å². The van der Waals surface area contributed by atoms with E-state index in [1.165, 1.54) is 0 Å². The van der Waals surface area contributed by atoms with E-state index in [4.69, 9.17) is 10.5 Å². The molecule has 2 aromatic rings. The molecule has 16 heavy (non-hydrogen) atoms. The number of nitrogens with two attached hydrogens (primary N) is 1. The van der Waals surface area contributed by atoms with Crippen molar-refractivity contribution < 1.29 is 4.74 Å². The predicted octanol–water partition coefficient (Wildman–Crippen LogP) is 1.72. The van der Waals surface area contributed by atoms with Crippen molar-refractivity contribution in [3.8, 4) is 0 Å². The number of ether oxygens (including phenoxy) is 1. The van der Waals surface area contributed by atoms with Gasteiger partial charge in [-0.1, -0.05) is 0 Å². The second kappa shape index (κ2) is 5.09. The standard InChI is InChI=1S/C10H14N4OS/c1-2-15-5-4-12-8-7-3-6-16-9(7)14-10(11)13-8/h3,6H,2,4-5H2,1H3,(H3,11,12,13,14). The van der Waals surface area contributed by atoms with Crippen LogP contribution in [-0.4, -0.2) is 29.7 Å². The lowest BCUT2D eigenvalue weighted by Gasteiger charge is -2.07. The van der Waals surface area contributed by atoms with Gasteiger partial charge in [0.25, 0.3) is 0 Å². The number of anilines is 2. The Kier molecular flexibility index (Phi) is 3.53. The highest BCUT2D eigenvalue weighted by atomic mass is 32.1. The molecule has 6 heteroatoms. The summed E-state index contributed by atoms with van der Waals surface area (Å²) in [6.07, 6.45) is 0. The molecule has 2 aromatic heterocycles. The summed E-state index contributed by atoms with van der Waals surface area (Å²) >= 11 is 1.56. The largest absolute Gasteiger partial charge is 0.380 e. The van der Waals surface area contributed by atoms with Gasteiger partial charge in [0.05, 0.1) is 12.0 Å². The average Bonchev–Trinajstić information content (AvgIpc) is 2.72. The molecule has 0 fully saturated rings. The smallest absolute Gasteiger partial charge is 0.223 e. The molecule has 0 aliphatic heterocycles. The molecule has 5 nitrogen and oxygen atoms in total. The van der Waals surface area contributed by atoms with Crippen LogP contribution >= 0.6 is 11.3 Å². The van der Waals surface area contributed by atoms with Crippen LogP contribution in [0.2, 0.25) is 0 Å². The molecule has 0 spiro atoms. The molecular formula is C10H14N4OS. The summed E-state index contributed by atoms with van der Waals surface area (Å²) in [5, 5.41) is 6.19. The first-order valence-electron chi connectivity index (χ1n) is 5.13. The van der Waals surface area contributed by atoms with Crippen molar-refractivity contribution in [1.82, 2.24) is 9.97 Å². The van der Waals surface area contributed by atoms with E-state index < -0.39 is 0 Å². The quantitative estimate of drug-likeness (QED) is 0.776. The number of fused-ring (bicyclic) bond motifs is 1. The third kappa shape index (κ3) is 2.40. The molecule has 0 atom stereocenters. The number of nitrogens with one attached hydrogen (secondary N) is 1. The molecule has 0 aromatic carbocycles. The van der Waals surface area contributed by atoms with Gasteiger partial charge in [-0.2, -0.15) is 4.98 Å². The van der Waals surface area contributed by atoms with Gasteiger partial charge in [-0.25, -0.2) is 4.98 Å². The molecule has 0 aliphatic carbocycles. The summed E-state index contributed by atoms with van der Waals surface area (Å²) in [7, 11) is 0. The normalized spacial score (nSPS) is 10.8. The van der Waals surface area contributed by atoms with Crippen molar-refractivity contribution >= 4 is 33.3 Å². The van der Waals surface area contributed by atoms with Crippen LogP contribution in [-0.2, 0) is 4.74 Å². The summed E-state index contributed by atoms with van der Waals surface area (Å²) < 4.78 is 5.24. The van der Waals surface area contributed by atoms with Crippen molar-refractivity contribution in [3.05, 3.63) is 11.4 Å². The molecule has 86 valence electrons. The van der Waals surface area contributed by atoms with E-state index >= 15 is 0 Å². The SMILES string of the molecule is CCOCCNc1nc(N)nc2sccc12. The first-order chi connectivity index (χ1) is 7.81. The lowest BCUT2D eigenvalue weighted by Crippen LogP contribution is -2.11. The number of hydrogen-bond donors (Lipinski definition) is 2. The number of hydrogen-bond acceptors (Lipinski definition) is 6. The van der Waals surface area contributed by atoms with Crippen molar-refractivity contribution in [3.63, 3.8) is 0 Å². The summed E-state index contributed by atoms with van der Waals surface area (Å²) in [4.78, 5) is 9.24. The zero-order chi connectivity index (χ0) is 11.4. The lowest BCUT2D eigenvalue weighted by molar-refractivity contribution is 0.158. The fourth-order valence-electron chi connectivity index (χ4n) is 1.39. The molecule has 2 rings (SSSR count). The van der Waals surface area contributed by atoms with Gasteiger partial charge in [0.15, 0.2) is 0 Å². The van der Waals surface area contributed by atoms with Crippen molar-refractivity contribution in [2.45, 2.75) is 6.92 Å². The summed E-state index contributed by atoms with van der Waals surface area (Å²) in [5.41, 5.74) is 5.63. The van der Waals surface area contributed by atoms with Gasteiger partial charge < -0.3 is 15.8 Å².